The number of nitrogens with one attached hydrogen (secondary N) is 2. The van der Waals surface area contributed by atoms with Crippen molar-refractivity contribution < 1.29 is 8.42 Å². The molecular formula is C10H15N3O2S. The van der Waals surface area contributed by atoms with Crippen molar-refractivity contribution in [3.8, 4) is 0 Å². The van der Waals surface area contributed by atoms with Crippen LogP contribution in [0.5, 0.6) is 0 Å². The van der Waals surface area contributed by atoms with E-state index in [1.807, 2.05) is 6.92 Å². The molecule has 1 saturated heterocycles. The molecule has 0 aromatic carbocycles. The minimum Gasteiger partial charge on any atom is -0.315 e. The normalized spacial score (nSPS) is 21.2. The first-order valence-corrected chi connectivity index (χ1v) is 6.72. The summed E-state index contributed by atoms with van der Waals surface area (Å²) >= 11 is 0. The van der Waals surface area contributed by atoms with Gasteiger partial charge in [-0.15, -0.1) is 0 Å². The van der Waals surface area contributed by atoms with Gasteiger partial charge in [-0.2, -0.15) is 0 Å². The molecule has 0 amide bonds. The van der Waals surface area contributed by atoms with Crippen molar-refractivity contribution in [2.24, 2.45) is 0 Å². The van der Waals surface area contributed by atoms with Gasteiger partial charge in [0.25, 0.3) is 10.0 Å². The summed E-state index contributed by atoms with van der Waals surface area (Å²) in [5.74, 6) is 0. The summed E-state index contributed by atoms with van der Waals surface area (Å²) in [6.45, 7) is 3.39. The van der Waals surface area contributed by atoms with E-state index < -0.39 is 10.0 Å². The molecule has 0 bridgehead atoms. The molecule has 0 aliphatic carbocycles. The van der Waals surface area contributed by atoms with Crippen LogP contribution < -0.4 is 10.0 Å². The van der Waals surface area contributed by atoms with Crippen molar-refractivity contribution in [1.29, 1.82) is 0 Å². The van der Waals surface area contributed by atoms with E-state index in [1.165, 1.54) is 6.20 Å². The SMILES string of the molecule is Cc1ccnc(S(=O)(=O)N[C@H]2CCNC2)c1. The molecule has 1 aromatic heterocycles. The first kappa shape index (κ1) is 11.5. The zero-order chi connectivity index (χ0) is 11.6. The smallest absolute Gasteiger partial charge is 0.258 e. The average Bonchev–Trinajstić information content (AvgIpc) is 2.70. The molecule has 1 aliphatic heterocycles. The summed E-state index contributed by atoms with van der Waals surface area (Å²) < 4.78 is 26.5. The number of hydrogen-bond donors (Lipinski definition) is 2. The lowest BCUT2D eigenvalue weighted by Crippen LogP contribution is -2.36. The molecule has 0 saturated carbocycles. The molecule has 1 aromatic rings. The van der Waals surface area contributed by atoms with Gasteiger partial charge in [-0.1, -0.05) is 0 Å². The summed E-state index contributed by atoms with van der Waals surface area (Å²) in [6.07, 6.45) is 2.34. The van der Waals surface area contributed by atoms with E-state index in [0.717, 1.165) is 18.5 Å². The number of aromatic nitrogens is 1. The Hall–Kier alpha value is -0.980. The fourth-order valence-corrected chi connectivity index (χ4v) is 2.99. The molecule has 2 rings (SSSR count). The highest BCUT2D eigenvalue weighted by atomic mass is 32.2. The monoisotopic (exact) mass is 241 g/mol. The fraction of sp³-hybridized carbons (Fsp3) is 0.500. The maximum atomic E-state index is 11.9. The van der Waals surface area contributed by atoms with Crippen LogP contribution in [0.2, 0.25) is 0 Å². The number of hydrogen-bond acceptors (Lipinski definition) is 4. The van der Waals surface area contributed by atoms with E-state index in [1.54, 1.807) is 12.1 Å². The lowest BCUT2D eigenvalue weighted by Gasteiger charge is -2.11. The number of aryl methyl sites for hydroxylation is 1. The molecular weight excluding hydrogens is 226 g/mol. The predicted molar refractivity (Wildman–Crippen MR) is 60.6 cm³/mol. The molecule has 1 fully saturated rings. The lowest BCUT2D eigenvalue weighted by molar-refractivity contribution is 0.556. The Bertz CT molecular complexity index is 467. The average molecular weight is 241 g/mol. The molecule has 1 atom stereocenters. The van der Waals surface area contributed by atoms with Crippen LogP contribution in [0.4, 0.5) is 0 Å². The Morgan fingerprint density at radius 2 is 2.38 bits per heavy atom. The van der Waals surface area contributed by atoms with E-state index in [-0.39, 0.29) is 11.1 Å². The first-order chi connectivity index (χ1) is 7.58. The van der Waals surface area contributed by atoms with Crippen LogP contribution >= 0.6 is 0 Å². The summed E-state index contributed by atoms with van der Waals surface area (Å²) in [4.78, 5) is 3.88. The van der Waals surface area contributed by atoms with E-state index in [4.69, 9.17) is 0 Å². The maximum Gasteiger partial charge on any atom is 0.258 e. The second-order valence-electron chi connectivity index (χ2n) is 3.98. The van der Waals surface area contributed by atoms with Crippen LogP contribution in [-0.2, 0) is 10.0 Å². The summed E-state index contributed by atoms with van der Waals surface area (Å²) in [5, 5.41) is 3.21. The van der Waals surface area contributed by atoms with Crippen molar-refractivity contribution in [2.45, 2.75) is 24.4 Å². The van der Waals surface area contributed by atoms with Crippen molar-refractivity contribution in [3.63, 3.8) is 0 Å². The number of sulfonamides is 1. The van der Waals surface area contributed by atoms with Crippen LogP contribution in [-0.4, -0.2) is 32.5 Å². The van der Waals surface area contributed by atoms with Gasteiger partial charge in [-0.3, -0.25) is 0 Å². The molecule has 2 heterocycles. The highest BCUT2D eigenvalue weighted by Crippen LogP contribution is 2.09. The Kier molecular flexibility index (Phi) is 3.22. The molecule has 88 valence electrons. The summed E-state index contributed by atoms with van der Waals surface area (Å²) in [5.41, 5.74) is 0.889. The molecule has 0 radical (unpaired) electrons. The first-order valence-electron chi connectivity index (χ1n) is 5.24. The molecule has 16 heavy (non-hydrogen) atoms. The third kappa shape index (κ3) is 2.58. The second kappa shape index (κ2) is 4.48. The molecule has 0 unspecified atom stereocenters. The van der Waals surface area contributed by atoms with Gasteiger partial charge in [-0.25, -0.2) is 18.1 Å². The molecule has 6 heteroatoms. The maximum absolute atomic E-state index is 11.9. The highest BCUT2D eigenvalue weighted by Gasteiger charge is 2.23. The van der Waals surface area contributed by atoms with Crippen LogP contribution in [0, 0.1) is 6.92 Å². The minimum atomic E-state index is -3.47. The lowest BCUT2D eigenvalue weighted by atomic mass is 10.3. The Morgan fingerprint density at radius 1 is 1.56 bits per heavy atom. The standard InChI is InChI=1S/C10H15N3O2S/c1-8-2-5-12-10(6-8)16(14,15)13-9-3-4-11-7-9/h2,5-6,9,11,13H,3-4,7H2,1H3/t9-/m0/s1. The van der Waals surface area contributed by atoms with Crippen LogP contribution in [0.15, 0.2) is 23.4 Å². The van der Waals surface area contributed by atoms with Gasteiger partial charge in [0.2, 0.25) is 0 Å². The Balaban J connectivity index is 2.18. The van der Waals surface area contributed by atoms with Gasteiger partial charge in [0.15, 0.2) is 5.03 Å². The largest absolute Gasteiger partial charge is 0.315 e. The van der Waals surface area contributed by atoms with Crippen molar-refractivity contribution >= 4 is 10.0 Å². The van der Waals surface area contributed by atoms with Crippen LogP contribution in [0.1, 0.15) is 12.0 Å². The van der Waals surface area contributed by atoms with Gasteiger partial charge in [-0.05, 0) is 37.6 Å². The van der Waals surface area contributed by atoms with Crippen LogP contribution in [0.25, 0.3) is 0 Å². The zero-order valence-corrected chi connectivity index (χ0v) is 9.92. The Morgan fingerprint density at radius 3 is 3.00 bits per heavy atom. The van der Waals surface area contributed by atoms with Crippen molar-refractivity contribution in [2.75, 3.05) is 13.1 Å². The highest BCUT2D eigenvalue weighted by molar-refractivity contribution is 7.89. The molecule has 0 spiro atoms. The van der Waals surface area contributed by atoms with Gasteiger partial charge >= 0.3 is 0 Å². The zero-order valence-electron chi connectivity index (χ0n) is 9.10. The third-order valence-electron chi connectivity index (χ3n) is 2.55. The van der Waals surface area contributed by atoms with Gasteiger partial charge in [0.05, 0.1) is 0 Å². The predicted octanol–water partition coefficient (Wildman–Crippen LogP) is 0.0302. The molecule has 5 nitrogen and oxygen atoms in total. The van der Waals surface area contributed by atoms with Crippen LogP contribution in [0.3, 0.4) is 0 Å². The van der Waals surface area contributed by atoms with Gasteiger partial charge in [0.1, 0.15) is 0 Å². The summed E-state index contributed by atoms with van der Waals surface area (Å²) in [7, 11) is -3.47. The van der Waals surface area contributed by atoms with Gasteiger partial charge in [0, 0.05) is 18.8 Å². The van der Waals surface area contributed by atoms with E-state index in [9.17, 15) is 8.42 Å². The number of rotatable bonds is 3. The van der Waals surface area contributed by atoms with Gasteiger partial charge < -0.3 is 5.32 Å². The molecule has 1 aliphatic rings. The minimum absolute atomic E-state index is 0.0210. The fourth-order valence-electron chi connectivity index (χ4n) is 1.69. The van der Waals surface area contributed by atoms with E-state index in [2.05, 4.69) is 15.0 Å². The quantitative estimate of drug-likeness (QED) is 0.783. The molecule has 2 N–H and O–H groups in total. The topological polar surface area (TPSA) is 71.1 Å². The number of pyridine rings is 1. The summed E-state index contributed by atoms with van der Waals surface area (Å²) in [6, 6.07) is 3.33. The third-order valence-corrected chi connectivity index (χ3v) is 3.97. The van der Waals surface area contributed by atoms with E-state index in [0.29, 0.717) is 6.54 Å². The Labute approximate surface area is 95.3 Å². The second-order valence-corrected chi connectivity index (χ2v) is 5.64. The number of nitrogens with zero attached hydrogens (tertiary/aromatic N) is 1. The van der Waals surface area contributed by atoms with Crippen molar-refractivity contribution in [3.05, 3.63) is 23.9 Å². The van der Waals surface area contributed by atoms with E-state index >= 15 is 0 Å². The van der Waals surface area contributed by atoms with Crippen molar-refractivity contribution in [1.82, 2.24) is 15.0 Å².